The fourth-order valence-electron chi connectivity index (χ4n) is 9.46. The number of aromatic nitrogens is 1. The molecule has 0 radical (unpaired) electrons. The Kier molecular flexibility index (Phi) is 21.8. The van der Waals surface area contributed by atoms with Gasteiger partial charge in [-0.3, -0.25) is 47.2 Å². The van der Waals surface area contributed by atoms with Crippen LogP contribution in [0.4, 0.5) is 8.78 Å². The molecule has 80 heavy (non-hydrogen) atoms. The van der Waals surface area contributed by atoms with E-state index in [-0.39, 0.29) is 60.5 Å². The normalized spacial score (nSPS) is 17.8. The first kappa shape index (κ1) is 62.8. The average molecular weight is 1140 g/mol. The SMILES string of the molecule is CC(C)(C)C(=O)OCOP(=O)(OCOC(=O)C(C)(C)C)C(F)(F)c1ccc2[nH]c(C(=O)N[C@H]3CN(CCCOCCCN)CC[C@H]4CC[C@@H](C(=O)N[C@@H](CCC(N)=O)C(=O)CC(c5ccccc5)c5ccccc5)N4C3=O)cc2c1. The van der Waals surface area contributed by atoms with Gasteiger partial charge >= 0.3 is 25.2 Å². The van der Waals surface area contributed by atoms with Crippen molar-refractivity contribution >= 4 is 59.8 Å². The molecule has 2 fully saturated rings. The fourth-order valence-corrected chi connectivity index (χ4v) is 10.7. The van der Waals surface area contributed by atoms with Crippen LogP contribution in [0.15, 0.2) is 84.9 Å². The number of amides is 4. The van der Waals surface area contributed by atoms with Crippen molar-refractivity contribution in [1.82, 2.24) is 25.4 Å². The van der Waals surface area contributed by atoms with Crippen LogP contribution < -0.4 is 22.1 Å². The number of hydrogen-bond acceptors (Lipinski definition) is 15. The van der Waals surface area contributed by atoms with Crippen molar-refractivity contribution < 1.29 is 70.2 Å². The van der Waals surface area contributed by atoms with Crippen LogP contribution in [0.5, 0.6) is 0 Å². The van der Waals surface area contributed by atoms with Crippen LogP contribution in [0.1, 0.15) is 126 Å². The Bertz CT molecular complexity index is 2770. The van der Waals surface area contributed by atoms with Crippen LogP contribution in [0, 0.1) is 10.8 Å². The van der Waals surface area contributed by atoms with Crippen molar-refractivity contribution in [2.45, 2.75) is 129 Å². The van der Waals surface area contributed by atoms with Gasteiger partial charge in [-0.05, 0) is 116 Å². The van der Waals surface area contributed by atoms with Gasteiger partial charge in [-0.2, -0.15) is 8.78 Å². The summed E-state index contributed by atoms with van der Waals surface area (Å²) in [7, 11) is -5.68. The van der Waals surface area contributed by atoms with Crippen molar-refractivity contribution in [3.05, 3.63) is 107 Å². The van der Waals surface area contributed by atoms with Gasteiger partial charge in [0.2, 0.25) is 31.3 Å². The van der Waals surface area contributed by atoms with Gasteiger partial charge in [0.25, 0.3) is 5.91 Å². The van der Waals surface area contributed by atoms with Gasteiger partial charge in [0.15, 0.2) is 5.78 Å². The predicted molar refractivity (Wildman–Crippen MR) is 293 cm³/mol. The number of fused-ring (bicyclic) bond motifs is 2. The van der Waals surface area contributed by atoms with Crippen LogP contribution in [-0.4, -0.2) is 133 Å². The summed E-state index contributed by atoms with van der Waals surface area (Å²) < 4.78 is 73.0. The highest BCUT2D eigenvalue weighted by Gasteiger charge is 2.56. The summed E-state index contributed by atoms with van der Waals surface area (Å²) in [5.41, 5.74) is 5.52. The number of nitrogens with one attached hydrogen (secondary N) is 3. The molecule has 436 valence electrons. The third-order valence-electron chi connectivity index (χ3n) is 13.9. The number of primary amides is 1. The highest BCUT2D eigenvalue weighted by atomic mass is 31.2. The smallest absolute Gasteiger partial charge is 0.410 e. The third-order valence-corrected chi connectivity index (χ3v) is 15.8. The van der Waals surface area contributed by atoms with E-state index >= 15 is 13.6 Å². The molecule has 4 atom stereocenters. The quantitative estimate of drug-likeness (QED) is 0.0174. The van der Waals surface area contributed by atoms with Gasteiger partial charge < -0.3 is 51.1 Å². The zero-order valence-corrected chi connectivity index (χ0v) is 47.2. The van der Waals surface area contributed by atoms with E-state index in [1.54, 1.807) is 0 Å². The second-order valence-corrected chi connectivity index (χ2v) is 24.3. The molecule has 4 amide bonds. The van der Waals surface area contributed by atoms with Gasteiger partial charge in [0.1, 0.15) is 17.8 Å². The zero-order chi connectivity index (χ0) is 58.4. The molecule has 23 heteroatoms. The Labute approximate surface area is 465 Å². The van der Waals surface area contributed by atoms with E-state index in [0.29, 0.717) is 58.5 Å². The summed E-state index contributed by atoms with van der Waals surface area (Å²) in [5.74, 6) is -5.02. The standard InChI is InChI=1S/C57H76F2N7O13P/c1-55(2,3)53(72)76-35-78-80(74,79-36-77-54(73)56(4,5)6)57(58,59)40-19-21-43-39(31-40)32-45(62-43)50(69)64-46-34-65(27-14-30-75-29-13-26-60)28-25-41-20-23-47(66(41)52(46)71)51(70)63-44(22-24-49(61)68)48(67)33-42(37-15-9-7-10-16-37)38-17-11-8-12-18-38/h7-12,15-19,21,31-32,41-42,44,46-47,62H,13-14,20,22-30,33-36,60H2,1-6H3,(H2,61,68)(H,63,70)(H,64,69)/t41-,44+,46+,47+/m1/s1. The van der Waals surface area contributed by atoms with E-state index in [0.717, 1.165) is 23.3 Å². The maximum Gasteiger partial charge on any atom is 0.410 e. The molecule has 0 unspecified atom stereocenters. The number of benzene rings is 3. The number of alkyl halides is 2. The monoisotopic (exact) mass is 1140 g/mol. The molecule has 0 spiro atoms. The first-order valence-electron chi connectivity index (χ1n) is 26.9. The number of ether oxygens (including phenoxy) is 3. The number of aromatic amines is 1. The van der Waals surface area contributed by atoms with Gasteiger partial charge in [0, 0.05) is 74.1 Å². The summed E-state index contributed by atoms with van der Waals surface area (Å²) in [5, 5.41) is 5.77. The van der Waals surface area contributed by atoms with Crippen LogP contribution >= 0.6 is 7.60 Å². The maximum atomic E-state index is 16.6. The van der Waals surface area contributed by atoms with E-state index in [9.17, 15) is 33.3 Å². The molecule has 2 saturated heterocycles. The molecule has 20 nitrogen and oxygen atoms in total. The number of halogens is 2. The lowest BCUT2D eigenvalue weighted by molar-refractivity contribution is -0.163. The number of carbonyl (C=O) groups excluding carboxylic acids is 7. The number of hydrogen-bond donors (Lipinski definition) is 5. The molecule has 4 aromatic rings. The second kappa shape index (κ2) is 27.8. The average Bonchev–Trinajstić information content (AvgIpc) is 4.05. The number of carbonyl (C=O) groups is 7. The number of nitrogens with two attached hydrogens (primary N) is 2. The van der Waals surface area contributed by atoms with Crippen LogP contribution in [0.3, 0.4) is 0 Å². The number of nitrogens with zero attached hydrogens (tertiary/aromatic N) is 2. The Morgan fingerprint density at radius 1 is 0.812 bits per heavy atom. The number of ketones is 1. The predicted octanol–water partition coefficient (Wildman–Crippen LogP) is 7.00. The lowest BCUT2D eigenvalue weighted by atomic mass is 9.85. The van der Waals surface area contributed by atoms with E-state index in [1.165, 1.54) is 58.6 Å². The summed E-state index contributed by atoms with van der Waals surface area (Å²) in [6, 6.07) is 19.4. The van der Waals surface area contributed by atoms with Crippen molar-refractivity contribution in [2.24, 2.45) is 22.3 Å². The lowest BCUT2D eigenvalue weighted by Gasteiger charge is -2.39. The van der Waals surface area contributed by atoms with Crippen molar-refractivity contribution in [2.75, 3.05) is 53.0 Å². The second-order valence-electron chi connectivity index (χ2n) is 22.2. The van der Waals surface area contributed by atoms with Crippen LogP contribution in [-0.2, 0) is 62.3 Å². The van der Waals surface area contributed by atoms with Crippen molar-refractivity contribution in [1.29, 1.82) is 0 Å². The molecule has 0 saturated carbocycles. The van der Waals surface area contributed by atoms with Crippen molar-refractivity contribution in [3.8, 4) is 0 Å². The molecule has 2 aliphatic heterocycles. The first-order chi connectivity index (χ1) is 37.8. The minimum Gasteiger partial charge on any atom is -0.438 e. The van der Waals surface area contributed by atoms with Gasteiger partial charge in [-0.25, -0.2) is 0 Å². The Balaban J connectivity index is 1.24. The fraction of sp³-hybridized carbons (Fsp3) is 0.526. The molecule has 6 rings (SSSR count). The molecular weight excluding hydrogens is 1060 g/mol. The van der Waals surface area contributed by atoms with Crippen LogP contribution in [0.25, 0.3) is 10.9 Å². The summed E-state index contributed by atoms with van der Waals surface area (Å²) in [6.45, 7) is 9.04. The Morgan fingerprint density at radius 2 is 1.41 bits per heavy atom. The van der Waals surface area contributed by atoms with Gasteiger partial charge in [-0.15, -0.1) is 0 Å². The molecule has 3 aromatic carbocycles. The van der Waals surface area contributed by atoms with E-state index in [4.69, 9.17) is 34.7 Å². The number of rotatable bonds is 27. The summed E-state index contributed by atoms with van der Waals surface area (Å²) >= 11 is 0. The molecular formula is C57H76F2N7O13P. The molecule has 0 aliphatic carbocycles. The van der Waals surface area contributed by atoms with E-state index < -0.39 is 103 Å². The molecule has 0 bridgehead atoms. The minimum absolute atomic E-state index is 0.0102. The first-order valence-corrected chi connectivity index (χ1v) is 28.5. The molecule has 7 N–H and O–H groups in total. The number of H-pyrrole nitrogens is 1. The molecule has 2 aliphatic rings. The maximum absolute atomic E-state index is 16.6. The van der Waals surface area contributed by atoms with E-state index in [1.807, 2.05) is 65.6 Å². The van der Waals surface area contributed by atoms with E-state index in [2.05, 4.69) is 15.6 Å². The lowest BCUT2D eigenvalue weighted by Crippen LogP contribution is -2.61. The summed E-state index contributed by atoms with van der Waals surface area (Å²) in [6.07, 6.45) is 2.18. The third kappa shape index (κ3) is 16.6. The number of Topliss-reactive ketones (excluding diaryl/α,β-unsaturated/α-hetero) is 1. The Morgan fingerprint density at radius 3 is 1.99 bits per heavy atom. The van der Waals surface area contributed by atoms with Crippen molar-refractivity contribution in [3.63, 3.8) is 0 Å². The largest absolute Gasteiger partial charge is 0.438 e. The molecule has 1 aromatic heterocycles. The highest BCUT2D eigenvalue weighted by molar-refractivity contribution is 7.54. The topological polar surface area (TPSA) is 281 Å². The highest BCUT2D eigenvalue weighted by Crippen LogP contribution is 2.67. The van der Waals surface area contributed by atoms with Gasteiger partial charge in [0.05, 0.1) is 16.9 Å². The zero-order valence-electron chi connectivity index (χ0n) is 46.3. The number of esters is 2. The Hall–Kier alpha value is -6.42. The molecule has 3 heterocycles. The van der Waals surface area contributed by atoms with Crippen LogP contribution in [0.2, 0.25) is 0 Å². The summed E-state index contributed by atoms with van der Waals surface area (Å²) in [4.78, 5) is 102. The van der Waals surface area contributed by atoms with Gasteiger partial charge in [-0.1, -0.05) is 66.7 Å². The minimum atomic E-state index is -5.68.